The number of anilines is 1. The Morgan fingerprint density at radius 1 is 1.17 bits per heavy atom. The Morgan fingerprint density at radius 3 is 2.79 bits per heavy atom. The van der Waals surface area contributed by atoms with Gasteiger partial charge in [0.15, 0.2) is 5.65 Å². The van der Waals surface area contributed by atoms with E-state index in [1.54, 1.807) is 36.5 Å². The number of carbonyl (C=O) groups excluding carboxylic acids is 1. The molecule has 0 aliphatic heterocycles. The zero-order valence-electron chi connectivity index (χ0n) is 12.7. The van der Waals surface area contributed by atoms with Crippen LogP contribution in [0.3, 0.4) is 0 Å². The van der Waals surface area contributed by atoms with Gasteiger partial charge in [0, 0.05) is 12.1 Å². The predicted molar refractivity (Wildman–Crippen MR) is 95.5 cm³/mol. The quantitative estimate of drug-likeness (QED) is 0.734. The van der Waals surface area contributed by atoms with Gasteiger partial charge in [-0.2, -0.15) is 0 Å². The number of nitrogens with zero attached hydrogens (tertiary/aromatic N) is 3. The van der Waals surface area contributed by atoms with E-state index in [9.17, 15) is 4.79 Å². The van der Waals surface area contributed by atoms with Crippen LogP contribution in [0, 0.1) is 0 Å². The predicted octanol–water partition coefficient (Wildman–Crippen LogP) is 4.14. The van der Waals surface area contributed by atoms with Crippen LogP contribution in [0.1, 0.15) is 6.92 Å². The van der Waals surface area contributed by atoms with E-state index in [1.807, 2.05) is 6.92 Å². The number of urea groups is 1. The van der Waals surface area contributed by atoms with Gasteiger partial charge in [-0.25, -0.2) is 14.8 Å². The van der Waals surface area contributed by atoms with Crippen LogP contribution < -0.4 is 10.6 Å². The van der Waals surface area contributed by atoms with E-state index in [0.717, 1.165) is 0 Å². The van der Waals surface area contributed by atoms with Gasteiger partial charge < -0.3 is 5.32 Å². The summed E-state index contributed by atoms with van der Waals surface area (Å²) in [6, 6.07) is 8.37. The van der Waals surface area contributed by atoms with Gasteiger partial charge in [0.05, 0.1) is 21.9 Å². The fourth-order valence-electron chi connectivity index (χ4n) is 2.12. The molecule has 3 rings (SSSR count). The molecule has 1 aromatic carbocycles. The molecule has 2 N–H and O–H groups in total. The number of amides is 2. The molecule has 2 aromatic heterocycles. The first-order valence-corrected chi connectivity index (χ1v) is 7.97. The zero-order chi connectivity index (χ0) is 17.1. The maximum Gasteiger partial charge on any atom is 0.320 e. The number of halogens is 2. The first-order chi connectivity index (χ1) is 11.6. The van der Waals surface area contributed by atoms with E-state index in [0.29, 0.717) is 44.8 Å². The van der Waals surface area contributed by atoms with Crippen molar-refractivity contribution in [3.05, 3.63) is 46.6 Å². The molecule has 0 atom stereocenters. The van der Waals surface area contributed by atoms with Crippen molar-refractivity contribution < 1.29 is 4.79 Å². The van der Waals surface area contributed by atoms with E-state index in [1.165, 1.54) is 0 Å². The fourth-order valence-corrected chi connectivity index (χ4v) is 2.52. The van der Waals surface area contributed by atoms with Gasteiger partial charge in [0.1, 0.15) is 11.3 Å². The Balaban J connectivity index is 2.00. The van der Waals surface area contributed by atoms with Gasteiger partial charge in [-0.15, -0.1) is 0 Å². The molecular formula is C16H13Cl2N5O. The van der Waals surface area contributed by atoms with E-state index < -0.39 is 0 Å². The molecule has 0 aliphatic carbocycles. The summed E-state index contributed by atoms with van der Waals surface area (Å²) in [4.78, 5) is 24.7. The summed E-state index contributed by atoms with van der Waals surface area (Å²) in [5.74, 6) is 0.386. The Bertz CT molecular complexity index is 916. The number of benzene rings is 1. The summed E-state index contributed by atoms with van der Waals surface area (Å²) in [6.07, 6.45) is 1.61. The number of fused-ring (bicyclic) bond motifs is 1. The molecule has 8 heteroatoms. The molecule has 0 bridgehead atoms. The average Bonchev–Trinajstić information content (AvgIpc) is 2.57. The maximum atomic E-state index is 11.6. The van der Waals surface area contributed by atoms with Crippen LogP contribution >= 0.6 is 23.2 Å². The molecule has 0 spiro atoms. The molecule has 0 saturated carbocycles. The molecule has 0 aliphatic rings. The van der Waals surface area contributed by atoms with Crippen LogP contribution in [0.5, 0.6) is 0 Å². The SMILES string of the molecule is CCNC(=O)Nc1ccc2ncc(-c3cccc(Cl)c3Cl)nc2n1. The van der Waals surface area contributed by atoms with Crippen molar-refractivity contribution in [3.8, 4) is 11.3 Å². The summed E-state index contributed by atoms with van der Waals surface area (Å²) >= 11 is 12.3. The Hall–Kier alpha value is -2.44. The van der Waals surface area contributed by atoms with Gasteiger partial charge in [-0.3, -0.25) is 10.3 Å². The van der Waals surface area contributed by atoms with Crippen molar-refractivity contribution in [2.24, 2.45) is 0 Å². The van der Waals surface area contributed by atoms with E-state index >= 15 is 0 Å². The number of aromatic nitrogens is 3. The third-order valence-electron chi connectivity index (χ3n) is 3.21. The van der Waals surface area contributed by atoms with Crippen molar-refractivity contribution in [1.82, 2.24) is 20.3 Å². The average molecular weight is 362 g/mol. The maximum absolute atomic E-state index is 11.6. The van der Waals surface area contributed by atoms with Crippen molar-refractivity contribution in [2.75, 3.05) is 11.9 Å². The second-order valence-electron chi connectivity index (χ2n) is 4.88. The van der Waals surface area contributed by atoms with Gasteiger partial charge in [-0.05, 0) is 25.1 Å². The lowest BCUT2D eigenvalue weighted by Gasteiger charge is -2.08. The molecule has 0 radical (unpaired) electrons. The minimum absolute atomic E-state index is 0.327. The summed E-state index contributed by atoms with van der Waals surface area (Å²) < 4.78 is 0. The molecule has 24 heavy (non-hydrogen) atoms. The van der Waals surface area contributed by atoms with E-state index in [-0.39, 0.29) is 6.03 Å². The normalized spacial score (nSPS) is 10.6. The lowest BCUT2D eigenvalue weighted by molar-refractivity contribution is 0.252. The van der Waals surface area contributed by atoms with Gasteiger partial charge >= 0.3 is 6.03 Å². The van der Waals surface area contributed by atoms with Crippen LogP contribution in [0.4, 0.5) is 10.6 Å². The van der Waals surface area contributed by atoms with Gasteiger partial charge in [-0.1, -0.05) is 35.3 Å². The standard InChI is InChI=1S/C16H13Cl2N5O/c1-2-19-16(24)23-13-7-6-11-15(22-13)21-12(8-20-11)9-4-3-5-10(17)14(9)18/h3-8H,2H2,1H3,(H2,19,21,22,23,24). The third kappa shape index (κ3) is 3.39. The number of pyridine rings is 1. The van der Waals surface area contributed by atoms with Crippen molar-refractivity contribution in [1.29, 1.82) is 0 Å². The summed E-state index contributed by atoms with van der Waals surface area (Å²) in [5, 5.41) is 6.12. The number of carbonyl (C=O) groups is 1. The number of hydrogen-bond acceptors (Lipinski definition) is 4. The van der Waals surface area contributed by atoms with Crippen LogP contribution in [-0.2, 0) is 0 Å². The minimum Gasteiger partial charge on any atom is -0.338 e. The van der Waals surface area contributed by atoms with E-state index in [2.05, 4.69) is 25.6 Å². The second kappa shape index (κ2) is 6.98. The molecule has 0 saturated heterocycles. The Kier molecular flexibility index (Phi) is 4.78. The summed E-state index contributed by atoms with van der Waals surface area (Å²) in [6.45, 7) is 2.36. The highest BCUT2D eigenvalue weighted by atomic mass is 35.5. The molecule has 2 heterocycles. The van der Waals surface area contributed by atoms with Crippen molar-refractivity contribution >= 4 is 46.2 Å². The zero-order valence-corrected chi connectivity index (χ0v) is 14.2. The molecule has 3 aromatic rings. The molecule has 0 unspecified atom stereocenters. The molecular weight excluding hydrogens is 349 g/mol. The highest BCUT2D eigenvalue weighted by molar-refractivity contribution is 6.43. The largest absolute Gasteiger partial charge is 0.338 e. The highest BCUT2D eigenvalue weighted by Crippen LogP contribution is 2.32. The Morgan fingerprint density at radius 2 is 2.00 bits per heavy atom. The first-order valence-electron chi connectivity index (χ1n) is 7.21. The molecule has 122 valence electrons. The van der Waals surface area contributed by atoms with Crippen molar-refractivity contribution in [2.45, 2.75) is 6.92 Å². The van der Waals surface area contributed by atoms with Crippen LogP contribution in [0.2, 0.25) is 10.0 Å². The lowest BCUT2D eigenvalue weighted by atomic mass is 10.1. The van der Waals surface area contributed by atoms with Crippen molar-refractivity contribution in [3.63, 3.8) is 0 Å². The van der Waals surface area contributed by atoms with Crippen LogP contribution in [-0.4, -0.2) is 27.5 Å². The minimum atomic E-state index is -0.327. The molecule has 0 fully saturated rings. The number of hydrogen-bond donors (Lipinski definition) is 2. The van der Waals surface area contributed by atoms with Gasteiger partial charge in [0.25, 0.3) is 0 Å². The topological polar surface area (TPSA) is 79.8 Å². The number of rotatable bonds is 3. The fraction of sp³-hybridized carbons (Fsp3) is 0.125. The smallest absolute Gasteiger partial charge is 0.320 e. The first kappa shape index (κ1) is 16.4. The van der Waals surface area contributed by atoms with E-state index in [4.69, 9.17) is 23.2 Å². The van der Waals surface area contributed by atoms with Crippen LogP contribution in [0.15, 0.2) is 36.5 Å². The third-order valence-corrected chi connectivity index (χ3v) is 4.03. The summed E-state index contributed by atoms with van der Waals surface area (Å²) in [7, 11) is 0. The van der Waals surface area contributed by atoms with Crippen LogP contribution in [0.25, 0.3) is 22.4 Å². The lowest BCUT2D eigenvalue weighted by Crippen LogP contribution is -2.28. The Labute approximate surface area is 148 Å². The number of nitrogens with one attached hydrogen (secondary N) is 2. The highest BCUT2D eigenvalue weighted by Gasteiger charge is 2.11. The van der Waals surface area contributed by atoms with Gasteiger partial charge in [0.2, 0.25) is 0 Å². The summed E-state index contributed by atoms with van der Waals surface area (Å²) in [5.41, 5.74) is 2.23. The molecule has 6 nitrogen and oxygen atoms in total. The monoisotopic (exact) mass is 361 g/mol. The molecule has 2 amide bonds. The second-order valence-corrected chi connectivity index (χ2v) is 5.67.